The molecule has 0 unspecified atom stereocenters. The van der Waals surface area contributed by atoms with Crippen LogP contribution in [0.3, 0.4) is 0 Å². The summed E-state index contributed by atoms with van der Waals surface area (Å²) in [5.41, 5.74) is 4.45. The molecule has 3 aromatic carbocycles. The number of H-pyrrole nitrogens is 2. The number of aromatic amines is 2. The molecule has 2 amide bonds. The van der Waals surface area contributed by atoms with Crippen molar-refractivity contribution < 1.29 is 9.59 Å². The third-order valence-electron chi connectivity index (χ3n) is 6.05. The zero-order chi connectivity index (χ0) is 23.3. The van der Waals surface area contributed by atoms with Gasteiger partial charge in [0, 0.05) is 41.0 Å². The summed E-state index contributed by atoms with van der Waals surface area (Å²) >= 11 is 0. The van der Waals surface area contributed by atoms with Crippen LogP contribution in [0.4, 0.5) is 0 Å². The van der Waals surface area contributed by atoms with E-state index in [4.69, 9.17) is 0 Å². The summed E-state index contributed by atoms with van der Waals surface area (Å²) in [7, 11) is 0. The van der Waals surface area contributed by atoms with Crippen LogP contribution in [0.15, 0.2) is 91.1 Å². The van der Waals surface area contributed by atoms with Crippen molar-refractivity contribution >= 4 is 33.6 Å². The molecule has 2 heterocycles. The third-order valence-corrected chi connectivity index (χ3v) is 6.05. The van der Waals surface area contributed by atoms with Gasteiger partial charge in [0.15, 0.2) is 0 Å². The molecule has 1 atom stereocenters. The molecule has 0 aliphatic heterocycles. The van der Waals surface area contributed by atoms with Crippen molar-refractivity contribution in [2.75, 3.05) is 6.54 Å². The van der Waals surface area contributed by atoms with Crippen molar-refractivity contribution in [3.8, 4) is 0 Å². The monoisotopic (exact) mass is 450 g/mol. The van der Waals surface area contributed by atoms with Crippen molar-refractivity contribution in [3.05, 3.63) is 108 Å². The van der Waals surface area contributed by atoms with E-state index in [-0.39, 0.29) is 11.8 Å². The van der Waals surface area contributed by atoms with Gasteiger partial charge in [-0.25, -0.2) is 0 Å². The number of rotatable bonds is 8. The second-order valence-electron chi connectivity index (χ2n) is 8.39. The van der Waals surface area contributed by atoms with Crippen LogP contribution in [0.25, 0.3) is 21.8 Å². The van der Waals surface area contributed by atoms with E-state index in [0.717, 1.165) is 39.4 Å². The highest BCUT2D eigenvalue weighted by Crippen LogP contribution is 2.20. The van der Waals surface area contributed by atoms with E-state index in [1.807, 2.05) is 85.1 Å². The van der Waals surface area contributed by atoms with Crippen LogP contribution in [0.5, 0.6) is 0 Å². The summed E-state index contributed by atoms with van der Waals surface area (Å²) in [5.74, 6) is -0.509. The summed E-state index contributed by atoms with van der Waals surface area (Å²) < 4.78 is 0. The number of benzene rings is 3. The fraction of sp³-hybridized carbons (Fsp3) is 0.143. The fourth-order valence-corrected chi connectivity index (χ4v) is 4.26. The van der Waals surface area contributed by atoms with Gasteiger partial charge in [-0.15, -0.1) is 0 Å². The number of carbonyl (C=O) groups excluding carboxylic acids is 2. The zero-order valence-electron chi connectivity index (χ0n) is 18.7. The SMILES string of the molecule is O=C(N[C@@H](Cc1c[nH]c2ccccc12)C(=O)NCCc1ccccc1)c1cc2ccccc2[nH]1. The molecule has 0 bridgehead atoms. The van der Waals surface area contributed by atoms with Gasteiger partial charge in [0.1, 0.15) is 11.7 Å². The van der Waals surface area contributed by atoms with Gasteiger partial charge >= 0.3 is 0 Å². The number of hydrogen-bond donors (Lipinski definition) is 4. The Labute approximate surface area is 197 Å². The molecular formula is C28H26N4O2. The van der Waals surface area contributed by atoms with Gasteiger partial charge in [0.05, 0.1) is 0 Å². The normalized spacial score (nSPS) is 12.0. The lowest BCUT2D eigenvalue weighted by atomic mass is 10.0. The first-order chi connectivity index (χ1) is 16.7. The maximum absolute atomic E-state index is 13.2. The molecule has 0 aliphatic rings. The molecule has 34 heavy (non-hydrogen) atoms. The molecule has 6 nitrogen and oxygen atoms in total. The van der Waals surface area contributed by atoms with Crippen LogP contribution in [0, 0.1) is 0 Å². The number of carbonyl (C=O) groups is 2. The average molecular weight is 451 g/mol. The Kier molecular flexibility index (Phi) is 6.12. The molecule has 0 fully saturated rings. The van der Waals surface area contributed by atoms with Crippen molar-refractivity contribution in [1.29, 1.82) is 0 Å². The molecule has 6 heteroatoms. The Morgan fingerprint density at radius 3 is 2.41 bits per heavy atom. The summed E-state index contributed by atoms with van der Waals surface area (Å²) in [4.78, 5) is 32.7. The lowest BCUT2D eigenvalue weighted by Gasteiger charge is -2.18. The highest BCUT2D eigenvalue weighted by atomic mass is 16.2. The van der Waals surface area contributed by atoms with Gasteiger partial charge in [-0.2, -0.15) is 0 Å². The molecular weight excluding hydrogens is 424 g/mol. The van der Waals surface area contributed by atoms with Gasteiger partial charge in [0.2, 0.25) is 5.91 Å². The van der Waals surface area contributed by atoms with E-state index in [0.29, 0.717) is 18.7 Å². The van der Waals surface area contributed by atoms with Gasteiger partial charge < -0.3 is 20.6 Å². The van der Waals surface area contributed by atoms with Gasteiger partial charge in [-0.05, 0) is 35.7 Å². The number of hydrogen-bond acceptors (Lipinski definition) is 2. The molecule has 5 rings (SSSR count). The summed E-state index contributed by atoms with van der Waals surface area (Å²) in [6, 6.07) is 26.8. The van der Waals surface area contributed by atoms with E-state index in [9.17, 15) is 9.59 Å². The molecule has 4 N–H and O–H groups in total. The maximum atomic E-state index is 13.2. The number of aromatic nitrogens is 2. The Balaban J connectivity index is 1.34. The number of para-hydroxylation sites is 2. The smallest absolute Gasteiger partial charge is 0.268 e. The Hall–Kier alpha value is -4.32. The molecule has 0 saturated heterocycles. The first-order valence-corrected chi connectivity index (χ1v) is 11.4. The highest BCUT2D eigenvalue weighted by molar-refractivity contribution is 6.00. The summed E-state index contributed by atoms with van der Waals surface area (Å²) in [6.45, 7) is 0.496. The zero-order valence-corrected chi connectivity index (χ0v) is 18.7. The summed E-state index contributed by atoms with van der Waals surface area (Å²) in [6.07, 6.45) is 3.01. The Morgan fingerprint density at radius 1 is 0.853 bits per heavy atom. The van der Waals surface area contributed by atoms with Crippen LogP contribution in [-0.4, -0.2) is 34.4 Å². The lowest BCUT2D eigenvalue weighted by molar-refractivity contribution is -0.122. The van der Waals surface area contributed by atoms with Gasteiger partial charge in [-0.3, -0.25) is 9.59 Å². The fourth-order valence-electron chi connectivity index (χ4n) is 4.26. The predicted octanol–water partition coefficient (Wildman–Crippen LogP) is 4.35. The standard InChI is InChI=1S/C28H26N4O2/c33-27(29-15-14-19-8-2-1-3-9-19)25(17-21-18-30-24-13-7-5-11-22(21)24)32-28(34)26-16-20-10-4-6-12-23(20)31-26/h1-13,16,18,25,30-31H,14-15,17H2,(H,29,33)(H,32,34)/t25-/m0/s1. The number of amides is 2. The van der Waals surface area contributed by atoms with Crippen LogP contribution in [-0.2, 0) is 17.6 Å². The van der Waals surface area contributed by atoms with Crippen molar-refractivity contribution in [2.45, 2.75) is 18.9 Å². The Morgan fingerprint density at radius 2 is 1.59 bits per heavy atom. The first kappa shape index (κ1) is 21.5. The summed E-state index contributed by atoms with van der Waals surface area (Å²) in [5, 5.41) is 7.95. The lowest BCUT2D eigenvalue weighted by Crippen LogP contribution is -2.48. The van der Waals surface area contributed by atoms with E-state index < -0.39 is 6.04 Å². The largest absolute Gasteiger partial charge is 0.361 e. The van der Waals surface area contributed by atoms with Crippen molar-refractivity contribution in [3.63, 3.8) is 0 Å². The third kappa shape index (κ3) is 4.71. The minimum Gasteiger partial charge on any atom is -0.361 e. The topological polar surface area (TPSA) is 89.8 Å². The van der Waals surface area contributed by atoms with E-state index in [2.05, 4.69) is 20.6 Å². The second-order valence-corrected chi connectivity index (χ2v) is 8.39. The number of fused-ring (bicyclic) bond motifs is 2. The predicted molar refractivity (Wildman–Crippen MR) is 135 cm³/mol. The minimum atomic E-state index is -0.714. The van der Waals surface area contributed by atoms with Crippen molar-refractivity contribution in [2.24, 2.45) is 0 Å². The van der Waals surface area contributed by atoms with Gasteiger partial charge in [-0.1, -0.05) is 66.7 Å². The van der Waals surface area contributed by atoms with Crippen LogP contribution < -0.4 is 10.6 Å². The molecule has 170 valence electrons. The molecule has 2 aromatic heterocycles. The van der Waals surface area contributed by atoms with E-state index in [1.165, 1.54) is 0 Å². The van der Waals surface area contributed by atoms with Crippen LogP contribution in [0.2, 0.25) is 0 Å². The quantitative estimate of drug-likeness (QED) is 0.283. The van der Waals surface area contributed by atoms with E-state index in [1.54, 1.807) is 6.07 Å². The second kappa shape index (κ2) is 9.67. The van der Waals surface area contributed by atoms with Crippen LogP contribution in [0.1, 0.15) is 21.6 Å². The Bertz CT molecular complexity index is 1400. The molecule has 0 aliphatic carbocycles. The maximum Gasteiger partial charge on any atom is 0.268 e. The van der Waals surface area contributed by atoms with Crippen molar-refractivity contribution in [1.82, 2.24) is 20.6 Å². The highest BCUT2D eigenvalue weighted by Gasteiger charge is 2.23. The number of nitrogens with one attached hydrogen (secondary N) is 4. The van der Waals surface area contributed by atoms with Gasteiger partial charge in [0.25, 0.3) is 5.91 Å². The van der Waals surface area contributed by atoms with Crippen LogP contribution >= 0.6 is 0 Å². The molecule has 0 saturated carbocycles. The van der Waals surface area contributed by atoms with E-state index >= 15 is 0 Å². The molecule has 5 aromatic rings. The average Bonchev–Trinajstić information content (AvgIpc) is 3.49. The molecule has 0 spiro atoms. The molecule has 0 radical (unpaired) electrons. The first-order valence-electron chi connectivity index (χ1n) is 11.4. The minimum absolute atomic E-state index is 0.203.